The first-order chi connectivity index (χ1) is 7.26. The lowest BCUT2D eigenvalue weighted by Gasteiger charge is -1.98. The summed E-state index contributed by atoms with van der Waals surface area (Å²) in [4.78, 5) is 6.18. The maximum absolute atomic E-state index is 8.24. The minimum atomic E-state index is 0.299. The molecule has 0 rings (SSSR count). The minimum Gasteiger partial charge on any atom is -0.317 e. The van der Waals surface area contributed by atoms with Gasteiger partial charge in [-0.05, 0) is 6.42 Å². The van der Waals surface area contributed by atoms with Crippen molar-refractivity contribution >= 4 is 0 Å². The van der Waals surface area contributed by atoms with Gasteiger partial charge in [-0.25, -0.2) is 13.1 Å². The number of rotatable bonds is 4. The summed E-state index contributed by atoms with van der Waals surface area (Å²) in [7, 11) is 0. The minimum absolute atomic E-state index is 0.299. The fraction of sp³-hybridized carbons (Fsp3) is 0.636. The molecule has 0 saturated heterocycles. The summed E-state index contributed by atoms with van der Waals surface area (Å²) in [5.41, 5.74) is 0. The third-order valence-electron chi connectivity index (χ3n) is 1.64. The Kier molecular flexibility index (Phi) is 14.9. The van der Waals surface area contributed by atoms with Gasteiger partial charge in [0.25, 0.3) is 0 Å². The summed E-state index contributed by atoms with van der Waals surface area (Å²) >= 11 is 0. The highest BCUT2D eigenvalue weighted by Crippen LogP contribution is 2.06. The number of nitriles is 2. The van der Waals surface area contributed by atoms with Crippen LogP contribution in [0.3, 0.4) is 0 Å². The second-order valence-corrected chi connectivity index (χ2v) is 2.77. The van der Waals surface area contributed by atoms with E-state index in [9.17, 15) is 0 Å². The molecule has 4 nitrogen and oxygen atoms in total. The van der Waals surface area contributed by atoms with Crippen molar-refractivity contribution < 1.29 is 0 Å². The largest absolute Gasteiger partial charge is 0.317 e. The van der Waals surface area contributed by atoms with Gasteiger partial charge in [-0.15, -0.1) is 0 Å². The summed E-state index contributed by atoms with van der Waals surface area (Å²) < 4.78 is 0. The Labute approximate surface area is 91.4 Å². The Morgan fingerprint density at radius 2 is 1.87 bits per heavy atom. The van der Waals surface area contributed by atoms with Crippen LogP contribution in [0.5, 0.6) is 0 Å². The van der Waals surface area contributed by atoms with E-state index in [-0.39, 0.29) is 0 Å². The van der Waals surface area contributed by atoms with Crippen LogP contribution in [0.1, 0.15) is 26.2 Å². The van der Waals surface area contributed by atoms with Gasteiger partial charge in [-0.3, -0.25) is 0 Å². The van der Waals surface area contributed by atoms with E-state index >= 15 is 0 Å². The number of nitrogens with zero attached hydrogens (tertiary/aromatic N) is 4. The van der Waals surface area contributed by atoms with Crippen molar-refractivity contribution in [2.75, 3.05) is 13.1 Å². The summed E-state index contributed by atoms with van der Waals surface area (Å²) in [5.74, 6) is 0.299. The molecule has 15 heavy (non-hydrogen) atoms. The molecule has 0 amide bonds. The Bertz CT molecular complexity index is 265. The van der Waals surface area contributed by atoms with Gasteiger partial charge in [0.05, 0.1) is 12.1 Å². The normalized spacial score (nSPS) is 9.13. The summed E-state index contributed by atoms with van der Waals surface area (Å²) in [6.07, 6.45) is 1.83. The van der Waals surface area contributed by atoms with E-state index in [1.54, 1.807) is 0 Å². The molecule has 0 aromatic rings. The topological polar surface area (TPSA) is 56.3 Å². The van der Waals surface area contributed by atoms with Gasteiger partial charge in [0.2, 0.25) is 13.1 Å². The molecule has 0 radical (unpaired) electrons. The lowest BCUT2D eigenvalue weighted by Crippen LogP contribution is -1.99. The van der Waals surface area contributed by atoms with Crippen molar-refractivity contribution in [2.45, 2.75) is 26.2 Å². The highest BCUT2D eigenvalue weighted by molar-refractivity contribution is 4.79. The molecule has 0 aromatic heterocycles. The molecule has 0 aliphatic carbocycles. The third kappa shape index (κ3) is 14.8. The van der Waals surface area contributed by atoms with E-state index in [0.29, 0.717) is 31.8 Å². The van der Waals surface area contributed by atoms with E-state index in [4.69, 9.17) is 23.7 Å². The first-order valence-electron chi connectivity index (χ1n) is 4.67. The average Bonchev–Trinajstić information content (AvgIpc) is 2.27. The predicted octanol–water partition coefficient (Wildman–Crippen LogP) is 2.66. The molecule has 78 valence electrons. The number of hydrogen-bond acceptors (Lipinski definition) is 2. The van der Waals surface area contributed by atoms with Gasteiger partial charge in [-0.2, -0.15) is 10.5 Å². The fourth-order valence-electron chi connectivity index (χ4n) is 0.702. The van der Waals surface area contributed by atoms with Crippen molar-refractivity contribution in [3.63, 3.8) is 0 Å². The van der Waals surface area contributed by atoms with Crippen LogP contribution in [-0.2, 0) is 0 Å². The second-order valence-electron chi connectivity index (χ2n) is 2.77. The maximum Gasteiger partial charge on any atom is 0.227 e. The van der Waals surface area contributed by atoms with E-state index in [2.05, 4.69) is 15.8 Å². The van der Waals surface area contributed by atoms with E-state index < -0.39 is 0 Å². The zero-order valence-corrected chi connectivity index (χ0v) is 8.90. The van der Waals surface area contributed by atoms with Crippen molar-refractivity contribution in [1.29, 1.82) is 10.5 Å². The zero-order valence-electron chi connectivity index (χ0n) is 8.90. The lowest BCUT2D eigenvalue weighted by molar-refractivity contribution is 0.563. The van der Waals surface area contributed by atoms with Crippen LogP contribution >= 0.6 is 0 Å². The Morgan fingerprint density at radius 1 is 1.20 bits per heavy atom. The van der Waals surface area contributed by atoms with Gasteiger partial charge in [0.15, 0.2) is 0 Å². The Morgan fingerprint density at radius 3 is 2.13 bits per heavy atom. The van der Waals surface area contributed by atoms with Crippen LogP contribution in [0.25, 0.3) is 9.69 Å². The number of hydrogen-bond donors (Lipinski definition) is 0. The van der Waals surface area contributed by atoms with Crippen molar-refractivity contribution in [2.24, 2.45) is 5.92 Å². The first kappa shape index (κ1) is 15.4. The molecule has 0 fully saturated rings. The molecule has 0 aliphatic heterocycles. The summed E-state index contributed by atoms with van der Waals surface area (Å²) in [6, 6.07) is 3.92. The fourth-order valence-corrected chi connectivity index (χ4v) is 0.702. The van der Waals surface area contributed by atoms with Crippen LogP contribution in [0.4, 0.5) is 0 Å². The Hall–Kier alpha value is -2.04. The van der Waals surface area contributed by atoms with Gasteiger partial charge in [0, 0.05) is 12.3 Å². The van der Waals surface area contributed by atoms with Crippen molar-refractivity contribution in [3.8, 4) is 12.1 Å². The molecule has 0 spiro atoms. The standard InChI is InChI=1S/C7H10N2.C4H4N2/c1-3-7(4-5-8)6-9-2;1-6-4-2-3-5/h7H,3-4,6H2,1H3;2,4H2. The van der Waals surface area contributed by atoms with Crippen LogP contribution in [0.2, 0.25) is 0 Å². The lowest BCUT2D eigenvalue weighted by atomic mass is 10.0. The highest BCUT2D eigenvalue weighted by Gasteiger charge is 2.06. The SMILES string of the molecule is [C-]#[N+]CC(CC)CC#N.[C-]#[N+]CCC#N. The van der Waals surface area contributed by atoms with Crippen molar-refractivity contribution in [1.82, 2.24) is 0 Å². The van der Waals surface area contributed by atoms with Gasteiger partial charge >= 0.3 is 0 Å². The Balaban J connectivity index is 0. The molecule has 0 N–H and O–H groups in total. The average molecular weight is 202 g/mol. The molecule has 0 aromatic carbocycles. The smallest absolute Gasteiger partial charge is 0.227 e. The van der Waals surface area contributed by atoms with E-state index in [1.807, 2.05) is 13.0 Å². The molecular formula is C11H14N4. The molecule has 4 heteroatoms. The van der Waals surface area contributed by atoms with Gasteiger partial charge in [-0.1, -0.05) is 6.92 Å². The molecule has 0 bridgehead atoms. The summed E-state index contributed by atoms with van der Waals surface area (Å²) in [6.45, 7) is 15.6. The first-order valence-corrected chi connectivity index (χ1v) is 4.67. The third-order valence-corrected chi connectivity index (χ3v) is 1.64. The van der Waals surface area contributed by atoms with E-state index in [1.165, 1.54) is 0 Å². The van der Waals surface area contributed by atoms with Gasteiger partial charge in [0.1, 0.15) is 6.42 Å². The molecule has 0 saturated carbocycles. The molecule has 1 atom stereocenters. The van der Waals surface area contributed by atoms with Crippen LogP contribution in [-0.4, -0.2) is 13.1 Å². The predicted molar refractivity (Wildman–Crippen MR) is 57.2 cm³/mol. The molecule has 0 aliphatic rings. The van der Waals surface area contributed by atoms with Gasteiger partial charge < -0.3 is 9.69 Å². The maximum atomic E-state index is 8.24. The summed E-state index contributed by atoms with van der Waals surface area (Å²) in [5, 5.41) is 16.0. The monoisotopic (exact) mass is 202 g/mol. The molecule has 0 heterocycles. The second kappa shape index (κ2) is 14.5. The van der Waals surface area contributed by atoms with Crippen LogP contribution in [0.15, 0.2) is 0 Å². The van der Waals surface area contributed by atoms with Crippen LogP contribution < -0.4 is 0 Å². The molecular weight excluding hydrogens is 188 g/mol. The zero-order chi connectivity index (χ0) is 11.9. The highest BCUT2D eigenvalue weighted by atomic mass is 14.6. The molecule has 1 unspecified atom stereocenters. The van der Waals surface area contributed by atoms with E-state index in [0.717, 1.165) is 6.42 Å². The van der Waals surface area contributed by atoms with Crippen molar-refractivity contribution in [3.05, 3.63) is 22.8 Å². The van der Waals surface area contributed by atoms with Crippen LogP contribution in [0, 0.1) is 41.7 Å². The quantitative estimate of drug-likeness (QED) is 0.519.